The van der Waals surface area contributed by atoms with Crippen LogP contribution in [0.25, 0.3) is 11.2 Å². The molecule has 0 unspecified atom stereocenters. The van der Waals surface area contributed by atoms with Crippen molar-refractivity contribution in [2.75, 3.05) is 31.7 Å². The van der Waals surface area contributed by atoms with Gasteiger partial charge in [0.05, 0.1) is 17.1 Å². The number of likely N-dealkylation sites (N-methyl/N-ethyl adjacent to an activating group) is 1. The van der Waals surface area contributed by atoms with Gasteiger partial charge in [0.15, 0.2) is 11.5 Å². The molecular formula is C14H18BrNO4. The van der Waals surface area contributed by atoms with Crippen LogP contribution >= 0.6 is 15.9 Å². The van der Waals surface area contributed by atoms with Crippen LogP contribution in [0, 0.1) is 0 Å². The number of fused-ring (bicyclic) bond motifs is 1. The lowest BCUT2D eigenvalue weighted by Gasteiger charge is -2.17. The van der Waals surface area contributed by atoms with Crippen LogP contribution in [0.5, 0.6) is 0 Å². The summed E-state index contributed by atoms with van der Waals surface area (Å²) in [5.74, 6) is 0.503. The summed E-state index contributed by atoms with van der Waals surface area (Å²) in [6.45, 7) is 4.15. The molecule has 0 fully saturated rings. The average Bonchev–Trinajstić information content (AvgIpc) is 2.81. The fourth-order valence-electron chi connectivity index (χ4n) is 1.75. The molecule has 0 aliphatic rings. The SMILES string of the molecule is CCCCOCCN(C)c1cc(=O)c2occ(Br)c2o1. The van der Waals surface area contributed by atoms with E-state index in [-0.39, 0.29) is 11.0 Å². The van der Waals surface area contributed by atoms with Crippen LogP contribution in [0.4, 0.5) is 5.88 Å². The zero-order chi connectivity index (χ0) is 14.5. The summed E-state index contributed by atoms with van der Waals surface area (Å²) in [6.07, 6.45) is 3.63. The van der Waals surface area contributed by atoms with Crippen molar-refractivity contribution in [3.63, 3.8) is 0 Å². The number of hydrogen-bond acceptors (Lipinski definition) is 5. The molecule has 2 aromatic heterocycles. The third-order valence-corrected chi connectivity index (χ3v) is 3.52. The van der Waals surface area contributed by atoms with Crippen LogP contribution in [-0.2, 0) is 4.74 Å². The molecule has 0 aromatic carbocycles. The van der Waals surface area contributed by atoms with E-state index in [2.05, 4.69) is 22.9 Å². The number of rotatable bonds is 7. The van der Waals surface area contributed by atoms with Crippen molar-refractivity contribution >= 4 is 33.0 Å². The average molecular weight is 344 g/mol. The third-order valence-electron chi connectivity index (χ3n) is 2.98. The Bertz CT molecular complexity index is 619. The largest absolute Gasteiger partial charge is 0.456 e. The minimum absolute atomic E-state index is 0.189. The van der Waals surface area contributed by atoms with E-state index in [1.807, 2.05) is 11.9 Å². The van der Waals surface area contributed by atoms with Crippen LogP contribution < -0.4 is 10.3 Å². The van der Waals surface area contributed by atoms with Crippen molar-refractivity contribution in [3.8, 4) is 0 Å². The predicted octanol–water partition coefficient (Wildman–Crippen LogP) is 3.40. The van der Waals surface area contributed by atoms with Crippen LogP contribution in [0.3, 0.4) is 0 Å². The van der Waals surface area contributed by atoms with Crippen molar-refractivity contribution in [2.24, 2.45) is 0 Å². The molecule has 0 aliphatic carbocycles. The first-order chi connectivity index (χ1) is 9.63. The molecule has 110 valence electrons. The highest BCUT2D eigenvalue weighted by Crippen LogP contribution is 2.26. The monoisotopic (exact) mass is 343 g/mol. The summed E-state index contributed by atoms with van der Waals surface area (Å²) in [5.41, 5.74) is 0.477. The minimum atomic E-state index is -0.189. The maximum absolute atomic E-state index is 11.9. The van der Waals surface area contributed by atoms with Crippen molar-refractivity contribution in [1.82, 2.24) is 0 Å². The molecule has 0 saturated heterocycles. The highest BCUT2D eigenvalue weighted by Gasteiger charge is 2.14. The van der Waals surface area contributed by atoms with Gasteiger partial charge in [-0.1, -0.05) is 13.3 Å². The topological polar surface area (TPSA) is 55.8 Å². The zero-order valence-electron chi connectivity index (χ0n) is 11.6. The van der Waals surface area contributed by atoms with E-state index >= 15 is 0 Å². The van der Waals surface area contributed by atoms with Gasteiger partial charge in [-0.2, -0.15) is 0 Å². The molecule has 0 saturated carbocycles. The first-order valence-electron chi connectivity index (χ1n) is 6.63. The van der Waals surface area contributed by atoms with Gasteiger partial charge in [-0.15, -0.1) is 0 Å². The molecule has 0 spiro atoms. The van der Waals surface area contributed by atoms with Gasteiger partial charge in [0.1, 0.15) is 6.26 Å². The van der Waals surface area contributed by atoms with E-state index in [9.17, 15) is 4.79 Å². The second-order valence-electron chi connectivity index (χ2n) is 4.58. The number of anilines is 1. The number of ether oxygens (including phenoxy) is 1. The lowest BCUT2D eigenvalue weighted by molar-refractivity contribution is 0.137. The number of nitrogens with zero attached hydrogens (tertiary/aromatic N) is 1. The van der Waals surface area contributed by atoms with Gasteiger partial charge in [0, 0.05) is 20.2 Å². The highest BCUT2D eigenvalue weighted by molar-refractivity contribution is 9.10. The fourth-order valence-corrected chi connectivity index (χ4v) is 2.11. The normalized spacial score (nSPS) is 11.2. The van der Waals surface area contributed by atoms with E-state index in [0.29, 0.717) is 29.1 Å². The van der Waals surface area contributed by atoms with Crippen molar-refractivity contribution in [3.05, 3.63) is 27.0 Å². The second kappa shape index (κ2) is 6.95. The highest BCUT2D eigenvalue weighted by atomic mass is 79.9. The Hall–Kier alpha value is -1.27. The molecule has 6 heteroatoms. The number of hydrogen-bond donors (Lipinski definition) is 0. The number of furan rings is 1. The van der Waals surface area contributed by atoms with Crippen LogP contribution in [0.15, 0.2) is 30.4 Å². The van der Waals surface area contributed by atoms with Crippen LogP contribution in [0.1, 0.15) is 19.8 Å². The lowest BCUT2D eigenvalue weighted by Crippen LogP contribution is -2.23. The molecule has 0 atom stereocenters. The summed E-state index contributed by atoms with van der Waals surface area (Å²) in [4.78, 5) is 13.8. The van der Waals surface area contributed by atoms with Gasteiger partial charge in [0.25, 0.3) is 0 Å². The Kier molecular flexibility index (Phi) is 5.25. The predicted molar refractivity (Wildman–Crippen MR) is 81.4 cm³/mol. The van der Waals surface area contributed by atoms with E-state index < -0.39 is 0 Å². The smallest absolute Gasteiger partial charge is 0.230 e. The van der Waals surface area contributed by atoms with Crippen molar-refractivity contribution in [1.29, 1.82) is 0 Å². The van der Waals surface area contributed by atoms with E-state index in [0.717, 1.165) is 19.4 Å². The van der Waals surface area contributed by atoms with Crippen LogP contribution in [-0.4, -0.2) is 26.8 Å². The van der Waals surface area contributed by atoms with E-state index in [1.165, 1.54) is 12.3 Å². The third kappa shape index (κ3) is 3.43. The first-order valence-corrected chi connectivity index (χ1v) is 7.42. The van der Waals surface area contributed by atoms with Gasteiger partial charge in [-0.3, -0.25) is 4.79 Å². The molecule has 0 aliphatic heterocycles. The summed E-state index contributed by atoms with van der Waals surface area (Å²) < 4.78 is 17.0. The summed E-state index contributed by atoms with van der Waals surface area (Å²) in [7, 11) is 1.86. The first kappa shape index (κ1) is 15.1. The second-order valence-corrected chi connectivity index (χ2v) is 5.43. The van der Waals surface area contributed by atoms with E-state index in [1.54, 1.807) is 0 Å². The molecule has 2 heterocycles. The molecule has 2 rings (SSSR count). The zero-order valence-corrected chi connectivity index (χ0v) is 13.2. The Morgan fingerprint density at radius 1 is 1.35 bits per heavy atom. The lowest BCUT2D eigenvalue weighted by atomic mass is 10.4. The van der Waals surface area contributed by atoms with Crippen LogP contribution in [0.2, 0.25) is 0 Å². The van der Waals surface area contributed by atoms with Gasteiger partial charge >= 0.3 is 0 Å². The van der Waals surface area contributed by atoms with Gasteiger partial charge < -0.3 is 18.5 Å². The Morgan fingerprint density at radius 2 is 2.15 bits per heavy atom. The van der Waals surface area contributed by atoms with Gasteiger partial charge in [0.2, 0.25) is 11.0 Å². The molecule has 20 heavy (non-hydrogen) atoms. The molecule has 0 N–H and O–H groups in total. The Balaban J connectivity index is 2.04. The standard InChI is InChI=1S/C14H18BrNO4/c1-3-4-6-18-7-5-16(2)12-8-11(17)14-13(20-12)10(15)9-19-14/h8-9H,3-7H2,1-2H3. The summed E-state index contributed by atoms with van der Waals surface area (Å²) in [6, 6.07) is 1.43. The van der Waals surface area contributed by atoms with E-state index in [4.69, 9.17) is 13.6 Å². The molecule has 0 bridgehead atoms. The Morgan fingerprint density at radius 3 is 2.90 bits per heavy atom. The molecule has 5 nitrogen and oxygen atoms in total. The molecule has 2 aromatic rings. The van der Waals surface area contributed by atoms with Crippen molar-refractivity contribution < 1.29 is 13.6 Å². The number of unbranched alkanes of at least 4 members (excludes halogenated alkanes) is 1. The van der Waals surface area contributed by atoms with Gasteiger partial charge in [-0.05, 0) is 22.4 Å². The molecule has 0 radical (unpaired) electrons. The quantitative estimate of drug-likeness (QED) is 0.721. The summed E-state index contributed by atoms with van der Waals surface area (Å²) >= 11 is 3.30. The minimum Gasteiger partial charge on any atom is -0.456 e. The van der Waals surface area contributed by atoms with Gasteiger partial charge in [-0.25, -0.2) is 0 Å². The molecular weight excluding hydrogens is 326 g/mol. The number of halogens is 1. The molecule has 0 amide bonds. The fraction of sp³-hybridized carbons (Fsp3) is 0.500. The maximum atomic E-state index is 11.9. The Labute approximate surface area is 125 Å². The summed E-state index contributed by atoms with van der Waals surface area (Å²) in [5, 5.41) is 0. The van der Waals surface area contributed by atoms with Crippen molar-refractivity contribution in [2.45, 2.75) is 19.8 Å². The maximum Gasteiger partial charge on any atom is 0.230 e.